The molecule has 4 heteroatoms. The number of carbonyl (C=O) groups excluding carboxylic acids is 1. The van der Waals surface area contributed by atoms with Crippen molar-refractivity contribution in [2.45, 2.75) is 26.3 Å². The fourth-order valence-corrected chi connectivity index (χ4v) is 0.800. The van der Waals surface area contributed by atoms with Crippen LogP contribution in [0.2, 0.25) is 0 Å². The molecule has 0 bridgehead atoms. The topological polar surface area (TPSA) is 45.0 Å². The molecular weight excluding hydrogens is 166 g/mol. The van der Waals surface area contributed by atoms with Crippen LogP contribution in [0.1, 0.15) is 20.3 Å². The van der Waals surface area contributed by atoms with Crippen LogP contribution in [-0.4, -0.2) is 43.5 Å². The molecule has 0 aliphatic heterocycles. The molecule has 0 aromatic heterocycles. The minimum atomic E-state index is -0.328. The van der Waals surface area contributed by atoms with Crippen LogP contribution in [0.3, 0.4) is 0 Å². The lowest BCUT2D eigenvalue weighted by Crippen LogP contribution is -2.31. The van der Waals surface area contributed by atoms with Gasteiger partial charge in [0.15, 0.2) is 0 Å². The van der Waals surface area contributed by atoms with Crippen molar-refractivity contribution in [1.29, 1.82) is 0 Å². The van der Waals surface area contributed by atoms with Crippen LogP contribution >= 0.6 is 0 Å². The zero-order valence-corrected chi connectivity index (χ0v) is 8.74. The fourth-order valence-electron chi connectivity index (χ4n) is 0.800. The average molecular weight is 183 g/mol. The molecule has 0 radical (unpaired) electrons. The molecule has 0 aromatic rings. The number of nitrogens with zero attached hydrogens (tertiary/aromatic N) is 3. The number of aliphatic imine (C=N–C) groups is 2. The first-order chi connectivity index (χ1) is 6.13. The number of rotatable bonds is 4. The monoisotopic (exact) mass is 183 g/mol. The lowest BCUT2D eigenvalue weighted by molar-refractivity contribution is -0.130. The molecule has 0 aromatic carbocycles. The van der Waals surface area contributed by atoms with Gasteiger partial charge in [-0.25, -0.2) is 9.98 Å². The highest BCUT2D eigenvalue weighted by Crippen LogP contribution is 1.99. The molecule has 0 spiro atoms. The second kappa shape index (κ2) is 6.38. The first kappa shape index (κ1) is 11.8. The Morgan fingerprint density at radius 3 is 2.46 bits per heavy atom. The second-order valence-electron chi connectivity index (χ2n) is 2.86. The van der Waals surface area contributed by atoms with E-state index in [0.717, 1.165) is 0 Å². The summed E-state index contributed by atoms with van der Waals surface area (Å²) in [5.41, 5.74) is 0. The molecule has 0 aliphatic rings. The van der Waals surface area contributed by atoms with Gasteiger partial charge in [-0.3, -0.25) is 4.79 Å². The summed E-state index contributed by atoms with van der Waals surface area (Å²) in [4.78, 5) is 20.7. The Morgan fingerprint density at radius 2 is 2.08 bits per heavy atom. The molecule has 0 aliphatic carbocycles. The third-order valence-corrected chi connectivity index (χ3v) is 1.55. The Hall–Kier alpha value is -1.15. The van der Waals surface area contributed by atoms with Crippen molar-refractivity contribution in [3.8, 4) is 0 Å². The third-order valence-electron chi connectivity index (χ3n) is 1.55. The van der Waals surface area contributed by atoms with Crippen molar-refractivity contribution < 1.29 is 4.79 Å². The molecule has 0 N–H and O–H groups in total. The number of hydrogen-bond acceptors (Lipinski definition) is 3. The smallest absolute Gasteiger partial charge is 0.247 e. The van der Waals surface area contributed by atoms with Crippen molar-refractivity contribution in [3.63, 3.8) is 0 Å². The number of amides is 1. The van der Waals surface area contributed by atoms with Crippen molar-refractivity contribution >= 4 is 11.9 Å². The summed E-state index contributed by atoms with van der Waals surface area (Å²) in [7, 11) is 3.44. The van der Waals surface area contributed by atoms with Gasteiger partial charge in [0, 0.05) is 20.6 Å². The molecule has 0 rings (SSSR count). The van der Waals surface area contributed by atoms with E-state index in [1.54, 1.807) is 14.1 Å². The maximum atomic E-state index is 11.4. The van der Waals surface area contributed by atoms with Crippen LogP contribution in [-0.2, 0) is 4.79 Å². The molecule has 13 heavy (non-hydrogen) atoms. The maximum Gasteiger partial charge on any atom is 0.247 e. The Labute approximate surface area is 79.4 Å². The molecule has 0 saturated heterocycles. The number of likely N-dealkylation sites (N-methyl/N-ethyl adjacent to an activating group) is 1. The van der Waals surface area contributed by atoms with Crippen LogP contribution in [0.15, 0.2) is 9.98 Å². The van der Waals surface area contributed by atoms with Crippen LogP contribution in [0, 0.1) is 0 Å². The first-order valence-corrected chi connectivity index (χ1v) is 4.45. The van der Waals surface area contributed by atoms with E-state index >= 15 is 0 Å². The van der Waals surface area contributed by atoms with Crippen molar-refractivity contribution in [1.82, 2.24) is 4.90 Å². The van der Waals surface area contributed by atoms with Gasteiger partial charge in [0.2, 0.25) is 5.91 Å². The first-order valence-electron chi connectivity index (χ1n) is 4.45. The molecular formula is C9H17N3O. The van der Waals surface area contributed by atoms with Gasteiger partial charge in [-0.1, -0.05) is 6.92 Å². The summed E-state index contributed by atoms with van der Waals surface area (Å²) in [5.74, 6) is 0.00121. The van der Waals surface area contributed by atoms with E-state index in [1.165, 1.54) is 4.90 Å². The van der Waals surface area contributed by atoms with Gasteiger partial charge >= 0.3 is 0 Å². The molecule has 1 atom stereocenters. The summed E-state index contributed by atoms with van der Waals surface area (Å²) in [5, 5.41) is 0. The lowest BCUT2D eigenvalue weighted by atomic mass is 10.2. The summed E-state index contributed by atoms with van der Waals surface area (Å²) in [6.07, 6.45) is 0.684. The van der Waals surface area contributed by atoms with Gasteiger partial charge in [0.25, 0.3) is 0 Å². The second-order valence-corrected chi connectivity index (χ2v) is 2.86. The van der Waals surface area contributed by atoms with Gasteiger partial charge < -0.3 is 4.90 Å². The SMILES string of the molecule is CCN=C=NC(CC)C(=O)N(C)C. The third kappa shape index (κ3) is 4.43. The van der Waals surface area contributed by atoms with Crippen molar-refractivity contribution in [2.75, 3.05) is 20.6 Å². The Morgan fingerprint density at radius 1 is 1.46 bits per heavy atom. The summed E-state index contributed by atoms with van der Waals surface area (Å²) >= 11 is 0. The molecule has 74 valence electrons. The zero-order chi connectivity index (χ0) is 10.3. The fraction of sp³-hybridized carbons (Fsp3) is 0.778. The Balaban J connectivity index is 4.34. The Kier molecular flexibility index (Phi) is 5.81. The van der Waals surface area contributed by atoms with Crippen molar-refractivity contribution in [2.24, 2.45) is 9.98 Å². The van der Waals surface area contributed by atoms with Gasteiger partial charge in [-0.05, 0) is 13.3 Å². The average Bonchev–Trinajstić information content (AvgIpc) is 2.11. The standard InChI is InChI=1S/C9H17N3O/c1-5-8(9(13)12(3)4)11-7-10-6-2/h8H,5-6H2,1-4H3. The van der Waals surface area contributed by atoms with Crippen LogP contribution < -0.4 is 0 Å². The van der Waals surface area contributed by atoms with Gasteiger partial charge in [0.1, 0.15) is 6.04 Å². The van der Waals surface area contributed by atoms with E-state index < -0.39 is 0 Å². The summed E-state index contributed by atoms with van der Waals surface area (Å²) in [6.45, 7) is 4.47. The van der Waals surface area contributed by atoms with Crippen LogP contribution in [0.4, 0.5) is 0 Å². The highest BCUT2D eigenvalue weighted by atomic mass is 16.2. The van der Waals surface area contributed by atoms with Crippen LogP contribution in [0.25, 0.3) is 0 Å². The molecule has 1 unspecified atom stereocenters. The van der Waals surface area contributed by atoms with Gasteiger partial charge in [0.05, 0.1) is 6.01 Å². The molecule has 0 saturated carbocycles. The number of carbonyl (C=O) groups is 1. The predicted octanol–water partition coefficient (Wildman–Crippen LogP) is 1.05. The van der Waals surface area contributed by atoms with E-state index in [9.17, 15) is 4.79 Å². The van der Waals surface area contributed by atoms with Gasteiger partial charge in [-0.15, -0.1) is 0 Å². The van der Waals surface area contributed by atoms with E-state index in [2.05, 4.69) is 16.0 Å². The minimum Gasteiger partial charge on any atom is -0.347 e. The molecule has 4 nitrogen and oxygen atoms in total. The van der Waals surface area contributed by atoms with Gasteiger partial charge in [-0.2, -0.15) is 0 Å². The largest absolute Gasteiger partial charge is 0.347 e. The minimum absolute atomic E-state index is 0.00121. The highest BCUT2D eigenvalue weighted by molar-refractivity contribution is 5.82. The summed E-state index contributed by atoms with van der Waals surface area (Å²) in [6, 6.07) is 2.20. The summed E-state index contributed by atoms with van der Waals surface area (Å²) < 4.78 is 0. The van der Waals surface area contributed by atoms with E-state index in [1.807, 2.05) is 13.8 Å². The molecule has 0 fully saturated rings. The Bertz CT molecular complexity index is 217. The normalized spacial score (nSPS) is 11.4. The van der Waals surface area contributed by atoms with E-state index in [-0.39, 0.29) is 11.9 Å². The highest BCUT2D eigenvalue weighted by Gasteiger charge is 2.15. The zero-order valence-electron chi connectivity index (χ0n) is 8.74. The van der Waals surface area contributed by atoms with Crippen molar-refractivity contribution in [3.05, 3.63) is 0 Å². The number of hydrogen-bond donors (Lipinski definition) is 0. The van der Waals surface area contributed by atoms with E-state index in [0.29, 0.717) is 13.0 Å². The lowest BCUT2D eigenvalue weighted by Gasteiger charge is -2.13. The molecule has 0 heterocycles. The predicted molar refractivity (Wildman–Crippen MR) is 53.2 cm³/mol. The van der Waals surface area contributed by atoms with E-state index in [4.69, 9.17) is 0 Å². The van der Waals surface area contributed by atoms with Crippen LogP contribution in [0.5, 0.6) is 0 Å². The maximum absolute atomic E-state index is 11.4. The molecule has 1 amide bonds. The quantitative estimate of drug-likeness (QED) is 0.601.